The molecule has 1 N–H and O–H groups in total. The van der Waals surface area contributed by atoms with E-state index in [9.17, 15) is 13.2 Å². The van der Waals surface area contributed by atoms with E-state index in [1.54, 1.807) is 23.0 Å². The molecule has 0 amide bonds. The van der Waals surface area contributed by atoms with Crippen LogP contribution in [0.1, 0.15) is 5.69 Å². The third-order valence-electron chi connectivity index (χ3n) is 2.48. The second-order valence-corrected chi connectivity index (χ2v) is 5.01. The van der Waals surface area contributed by atoms with Gasteiger partial charge in [0.15, 0.2) is 0 Å². The molecule has 102 valence electrons. The predicted octanol–water partition coefficient (Wildman–Crippen LogP) is 3.64. The number of nitrogens with zero attached hydrogens (tertiary/aromatic N) is 2. The van der Waals surface area contributed by atoms with Gasteiger partial charge in [0, 0.05) is 23.8 Å². The maximum atomic E-state index is 12.2. The van der Waals surface area contributed by atoms with E-state index in [0.29, 0.717) is 6.54 Å². The van der Waals surface area contributed by atoms with Crippen LogP contribution in [0.3, 0.4) is 0 Å². The number of hydrogen-bond donors (Lipinski definition) is 1. The molecule has 2 rings (SSSR count). The molecule has 2 aromatic rings. The molecular weight excluding hydrogens is 275 g/mol. The molecule has 0 unspecified atom stereocenters. The summed E-state index contributed by atoms with van der Waals surface area (Å²) in [5.74, 6) is 0. The second kappa shape index (κ2) is 5.56. The van der Waals surface area contributed by atoms with E-state index in [1.807, 2.05) is 13.1 Å². The quantitative estimate of drug-likeness (QED) is 0.871. The van der Waals surface area contributed by atoms with Crippen molar-refractivity contribution in [3.63, 3.8) is 0 Å². The van der Waals surface area contributed by atoms with Gasteiger partial charge >= 0.3 is 5.51 Å². The summed E-state index contributed by atoms with van der Waals surface area (Å²) in [5, 5.41) is 7.16. The minimum absolute atomic E-state index is 0.114. The Morgan fingerprint density at radius 2 is 1.89 bits per heavy atom. The Labute approximate surface area is 112 Å². The molecule has 1 aromatic carbocycles. The third kappa shape index (κ3) is 4.20. The molecule has 0 bridgehead atoms. The third-order valence-corrected chi connectivity index (χ3v) is 3.22. The highest BCUT2D eigenvalue weighted by Crippen LogP contribution is 2.37. The number of benzene rings is 1. The molecule has 0 saturated heterocycles. The zero-order chi connectivity index (χ0) is 13.9. The van der Waals surface area contributed by atoms with E-state index in [1.165, 1.54) is 12.1 Å². The molecule has 3 nitrogen and oxygen atoms in total. The summed E-state index contributed by atoms with van der Waals surface area (Å²) in [5.41, 5.74) is -2.48. The molecule has 0 saturated carbocycles. The molecule has 0 fully saturated rings. The SMILES string of the molecule is Cn1nccc1CNc1ccc(SC(F)(F)F)cc1. The fourth-order valence-corrected chi connectivity index (χ4v) is 2.08. The van der Waals surface area contributed by atoms with Crippen LogP contribution in [0.15, 0.2) is 41.4 Å². The normalized spacial score (nSPS) is 11.6. The summed E-state index contributed by atoms with van der Waals surface area (Å²) in [6.07, 6.45) is 1.69. The van der Waals surface area contributed by atoms with Gasteiger partial charge in [-0.3, -0.25) is 4.68 Å². The van der Waals surface area contributed by atoms with Crippen molar-refractivity contribution in [2.24, 2.45) is 7.05 Å². The summed E-state index contributed by atoms with van der Waals surface area (Å²) in [6.45, 7) is 0.572. The average Bonchev–Trinajstić information content (AvgIpc) is 2.72. The zero-order valence-corrected chi connectivity index (χ0v) is 10.9. The topological polar surface area (TPSA) is 29.9 Å². The van der Waals surface area contributed by atoms with Crippen molar-refractivity contribution in [1.29, 1.82) is 0 Å². The van der Waals surface area contributed by atoms with Gasteiger partial charge in [-0.2, -0.15) is 18.3 Å². The summed E-state index contributed by atoms with van der Waals surface area (Å²) in [4.78, 5) is 0.179. The lowest BCUT2D eigenvalue weighted by molar-refractivity contribution is -0.0328. The number of aromatic nitrogens is 2. The highest BCUT2D eigenvalue weighted by molar-refractivity contribution is 8.00. The summed E-state index contributed by atoms with van der Waals surface area (Å²) in [7, 11) is 1.83. The maximum Gasteiger partial charge on any atom is 0.446 e. The van der Waals surface area contributed by atoms with Crippen LogP contribution in [0.2, 0.25) is 0 Å². The first-order chi connectivity index (χ1) is 8.94. The molecule has 0 aliphatic rings. The van der Waals surface area contributed by atoms with Crippen molar-refractivity contribution in [3.05, 3.63) is 42.2 Å². The minimum Gasteiger partial charge on any atom is -0.379 e. The molecule has 0 atom stereocenters. The largest absolute Gasteiger partial charge is 0.446 e. The molecule has 19 heavy (non-hydrogen) atoms. The Kier molecular flexibility index (Phi) is 4.04. The van der Waals surface area contributed by atoms with Gasteiger partial charge in [0.2, 0.25) is 0 Å². The summed E-state index contributed by atoms with van der Waals surface area (Å²) in [6, 6.07) is 8.03. The van der Waals surface area contributed by atoms with E-state index < -0.39 is 5.51 Å². The van der Waals surface area contributed by atoms with Gasteiger partial charge in [-0.25, -0.2) is 0 Å². The number of hydrogen-bond acceptors (Lipinski definition) is 3. The highest BCUT2D eigenvalue weighted by Gasteiger charge is 2.28. The van der Waals surface area contributed by atoms with Gasteiger partial charge < -0.3 is 5.32 Å². The smallest absolute Gasteiger partial charge is 0.379 e. The number of aryl methyl sites for hydroxylation is 1. The van der Waals surface area contributed by atoms with Crippen molar-refractivity contribution < 1.29 is 13.2 Å². The van der Waals surface area contributed by atoms with Gasteiger partial charge in [0.05, 0.1) is 12.2 Å². The Morgan fingerprint density at radius 3 is 2.42 bits per heavy atom. The van der Waals surface area contributed by atoms with Crippen molar-refractivity contribution in [2.75, 3.05) is 5.32 Å². The average molecular weight is 287 g/mol. The van der Waals surface area contributed by atoms with Crippen molar-refractivity contribution in [2.45, 2.75) is 16.9 Å². The first kappa shape index (κ1) is 13.8. The van der Waals surface area contributed by atoms with Crippen LogP contribution in [0.4, 0.5) is 18.9 Å². The molecule has 0 spiro atoms. The second-order valence-electron chi connectivity index (χ2n) is 3.87. The monoisotopic (exact) mass is 287 g/mol. The lowest BCUT2D eigenvalue weighted by Gasteiger charge is -2.09. The number of alkyl halides is 3. The highest BCUT2D eigenvalue weighted by atomic mass is 32.2. The van der Waals surface area contributed by atoms with Crippen LogP contribution in [0.5, 0.6) is 0 Å². The van der Waals surface area contributed by atoms with Crippen LogP contribution in [-0.4, -0.2) is 15.3 Å². The molecule has 7 heteroatoms. The molecule has 0 aliphatic carbocycles. The van der Waals surface area contributed by atoms with Crippen LogP contribution < -0.4 is 5.32 Å². The fraction of sp³-hybridized carbons (Fsp3) is 0.250. The van der Waals surface area contributed by atoms with Crippen LogP contribution in [-0.2, 0) is 13.6 Å². The van der Waals surface area contributed by atoms with E-state index in [-0.39, 0.29) is 16.7 Å². The molecule has 1 aromatic heterocycles. The number of nitrogens with one attached hydrogen (secondary N) is 1. The Bertz CT molecular complexity index is 534. The fourth-order valence-electron chi connectivity index (χ4n) is 1.54. The van der Waals surface area contributed by atoms with Gasteiger partial charge in [-0.1, -0.05) is 0 Å². The Hall–Kier alpha value is -1.63. The van der Waals surface area contributed by atoms with Gasteiger partial charge in [-0.15, -0.1) is 0 Å². The van der Waals surface area contributed by atoms with E-state index in [2.05, 4.69) is 10.4 Å². The summed E-state index contributed by atoms with van der Waals surface area (Å²) >= 11 is -0.114. The van der Waals surface area contributed by atoms with Crippen LogP contribution in [0, 0.1) is 0 Å². The molecule has 1 heterocycles. The predicted molar refractivity (Wildman–Crippen MR) is 68.9 cm³/mol. The standard InChI is InChI=1S/C12H12F3N3S/c1-18-10(6-7-17-18)8-16-9-2-4-11(5-3-9)19-12(13,14)15/h2-7,16H,8H2,1H3. The van der Waals surface area contributed by atoms with Crippen molar-refractivity contribution >= 4 is 17.4 Å². The zero-order valence-electron chi connectivity index (χ0n) is 10.1. The lowest BCUT2D eigenvalue weighted by atomic mass is 10.3. The van der Waals surface area contributed by atoms with Crippen molar-refractivity contribution in [3.8, 4) is 0 Å². The Balaban J connectivity index is 1.94. The van der Waals surface area contributed by atoms with Crippen molar-refractivity contribution in [1.82, 2.24) is 9.78 Å². The first-order valence-corrected chi connectivity index (χ1v) is 6.32. The molecular formula is C12H12F3N3S. The number of thioether (sulfide) groups is 1. The van der Waals surface area contributed by atoms with Crippen LogP contribution in [0.25, 0.3) is 0 Å². The minimum atomic E-state index is -4.25. The number of rotatable bonds is 4. The molecule has 0 aliphatic heterocycles. The summed E-state index contributed by atoms with van der Waals surface area (Å²) < 4.78 is 38.2. The lowest BCUT2D eigenvalue weighted by Crippen LogP contribution is -2.05. The van der Waals surface area contributed by atoms with E-state index in [0.717, 1.165) is 11.4 Å². The van der Waals surface area contributed by atoms with Gasteiger partial charge in [0.1, 0.15) is 0 Å². The van der Waals surface area contributed by atoms with E-state index in [4.69, 9.17) is 0 Å². The number of halogens is 3. The van der Waals surface area contributed by atoms with Crippen LogP contribution >= 0.6 is 11.8 Å². The maximum absolute atomic E-state index is 12.2. The van der Waals surface area contributed by atoms with Gasteiger partial charge in [-0.05, 0) is 42.1 Å². The molecule has 0 radical (unpaired) electrons. The Morgan fingerprint density at radius 1 is 1.21 bits per heavy atom. The van der Waals surface area contributed by atoms with Gasteiger partial charge in [0.25, 0.3) is 0 Å². The number of anilines is 1. The van der Waals surface area contributed by atoms with E-state index >= 15 is 0 Å². The first-order valence-electron chi connectivity index (χ1n) is 5.50.